The Hall–Kier alpha value is -5.27. The largest absolute Gasteiger partial charge is 0.356 e. The zero-order valence-corrected chi connectivity index (χ0v) is 23.0. The third kappa shape index (κ3) is 24.8. The predicted octanol–water partition coefficient (Wildman–Crippen LogP) is -2.21. The topological polar surface area (TPSA) is 204 Å². The van der Waals surface area contributed by atoms with Gasteiger partial charge in [-0.15, -0.1) is 0 Å². The molecule has 0 heterocycles. The summed E-state index contributed by atoms with van der Waals surface area (Å²) in [6.07, 6.45) is 16.3. The molecule has 0 aliphatic rings. The van der Waals surface area contributed by atoms with Gasteiger partial charge in [-0.1, -0.05) is 36.5 Å². The van der Waals surface area contributed by atoms with Crippen LogP contribution < -0.4 is 37.2 Å². The fraction of sp³-hybridized carbons (Fsp3) is 0.296. The molecule has 0 saturated heterocycles. The molecule has 0 aromatic heterocycles. The van der Waals surface area contributed by atoms with Gasteiger partial charge in [0.1, 0.15) is 0 Å². The van der Waals surface area contributed by atoms with E-state index in [-0.39, 0.29) is 62.9 Å². The Morgan fingerprint density at radius 1 is 0.390 bits per heavy atom. The second-order valence-electron chi connectivity index (χ2n) is 7.69. The molecule has 7 N–H and O–H groups in total. The van der Waals surface area contributed by atoms with Gasteiger partial charge in [0.2, 0.25) is 41.4 Å². The van der Waals surface area contributed by atoms with Crippen molar-refractivity contribution in [3.05, 3.63) is 72.9 Å². The highest BCUT2D eigenvalue weighted by Crippen LogP contribution is 1.81. The number of likely N-dealkylation sites (N-methyl/N-ethyl adjacent to an activating group) is 1. The summed E-state index contributed by atoms with van der Waals surface area (Å²) in [6.45, 7) is 2.25. The molecule has 0 radical (unpaired) electrons. The molecule has 0 bridgehead atoms. The first-order valence-electron chi connectivity index (χ1n) is 12.5. The van der Waals surface area contributed by atoms with Crippen LogP contribution in [0.4, 0.5) is 0 Å². The highest BCUT2D eigenvalue weighted by atomic mass is 16.2. The summed E-state index contributed by atoms with van der Waals surface area (Å²) >= 11 is 0. The molecule has 0 aromatic rings. The molecule has 0 spiro atoms. The van der Waals surface area contributed by atoms with Gasteiger partial charge < -0.3 is 37.2 Å². The smallest absolute Gasteiger partial charge is 0.243 e. The number of rotatable bonds is 18. The van der Waals surface area contributed by atoms with E-state index in [1.807, 2.05) is 0 Å². The second kappa shape index (κ2) is 23.8. The van der Waals surface area contributed by atoms with Gasteiger partial charge in [0, 0.05) is 89.7 Å². The average Bonchev–Trinajstić information content (AvgIpc) is 2.94. The van der Waals surface area contributed by atoms with Crippen molar-refractivity contribution in [2.24, 2.45) is 0 Å². The zero-order chi connectivity index (χ0) is 30.7. The third-order valence-corrected chi connectivity index (χ3v) is 4.30. The van der Waals surface area contributed by atoms with Crippen molar-refractivity contribution in [2.45, 2.75) is 6.92 Å². The molecule has 0 aliphatic carbocycles. The monoisotopic (exact) mass is 571 g/mol. The molecular weight excluding hydrogens is 534 g/mol. The quantitative estimate of drug-likeness (QED) is 0.0903. The van der Waals surface area contributed by atoms with Crippen molar-refractivity contribution in [1.82, 2.24) is 37.2 Å². The SMILES string of the molecule is CNC(=O)/C=C/CNC(=O)/C=C/CNC(=O)/C=C/CNC(=O)/C=C/CNC(=O)/C=C/CNC(=O)/C=C/CNC(C)=O. The van der Waals surface area contributed by atoms with Crippen molar-refractivity contribution >= 4 is 41.4 Å². The van der Waals surface area contributed by atoms with Crippen LogP contribution in [0.3, 0.4) is 0 Å². The van der Waals surface area contributed by atoms with Crippen LogP contribution in [0.5, 0.6) is 0 Å². The molecule has 222 valence electrons. The minimum absolute atomic E-state index is 0.0989. The fourth-order valence-electron chi connectivity index (χ4n) is 2.37. The van der Waals surface area contributed by atoms with E-state index in [2.05, 4.69) is 37.2 Å². The van der Waals surface area contributed by atoms with E-state index in [1.165, 1.54) is 86.9 Å². The Labute approximate surface area is 238 Å². The van der Waals surface area contributed by atoms with Crippen LogP contribution in [0, 0.1) is 0 Å². The van der Waals surface area contributed by atoms with Crippen LogP contribution in [0.1, 0.15) is 6.92 Å². The van der Waals surface area contributed by atoms with Gasteiger partial charge in [0.25, 0.3) is 0 Å². The summed E-state index contributed by atoms with van der Waals surface area (Å²) in [7, 11) is 1.49. The van der Waals surface area contributed by atoms with Gasteiger partial charge in [-0.05, 0) is 0 Å². The number of carbonyl (C=O) groups is 7. The van der Waals surface area contributed by atoms with E-state index in [0.29, 0.717) is 0 Å². The van der Waals surface area contributed by atoms with Crippen molar-refractivity contribution in [1.29, 1.82) is 0 Å². The maximum absolute atomic E-state index is 11.8. The van der Waals surface area contributed by atoms with Crippen LogP contribution in [0.15, 0.2) is 72.9 Å². The number of hydrogen-bond acceptors (Lipinski definition) is 7. The Bertz CT molecular complexity index is 1090. The first kappa shape index (κ1) is 35.7. The predicted molar refractivity (Wildman–Crippen MR) is 153 cm³/mol. The second-order valence-corrected chi connectivity index (χ2v) is 7.69. The fourth-order valence-corrected chi connectivity index (χ4v) is 2.37. The maximum atomic E-state index is 11.8. The molecule has 41 heavy (non-hydrogen) atoms. The van der Waals surface area contributed by atoms with Crippen molar-refractivity contribution in [2.75, 3.05) is 46.3 Å². The minimum Gasteiger partial charge on any atom is -0.356 e. The lowest BCUT2D eigenvalue weighted by molar-refractivity contribution is -0.119. The number of amides is 7. The van der Waals surface area contributed by atoms with E-state index in [0.717, 1.165) is 0 Å². The van der Waals surface area contributed by atoms with Crippen LogP contribution in [-0.2, 0) is 33.6 Å². The summed E-state index contributed by atoms with van der Waals surface area (Å²) in [6, 6.07) is 0. The highest BCUT2D eigenvalue weighted by molar-refractivity contribution is 5.91. The summed E-state index contributed by atoms with van der Waals surface area (Å²) in [5.41, 5.74) is 0. The molecule has 0 saturated carbocycles. The molecule has 0 aliphatic heterocycles. The molecule has 0 rings (SSSR count). The van der Waals surface area contributed by atoms with E-state index in [1.54, 1.807) is 0 Å². The van der Waals surface area contributed by atoms with Gasteiger partial charge in [-0.25, -0.2) is 0 Å². The maximum Gasteiger partial charge on any atom is 0.243 e. The van der Waals surface area contributed by atoms with Crippen LogP contribution in [-0.4, -0.2) is 87.7 Å². The van der Waals surface area contributed by atoms with E-state index in [4.69, 9.17) is 0 Å². The molecule has 0 fully saturated rings. The average molecular weight is 572 g/mol. The zero-order valence-electron chi connectivity index (χ0n) is 23.0. The number of hydrogen-bond donors (Lipinski definition) is 7. The van der Waals surface area contributed by atoms with Gasteiger partial charge in [0.15, 0.2) is 0 Å². The summed E-state index contributed by atoms with van der Waals surface area (Å²) in [5.74, 6) is -2.48. The van der Waals surface area contributed by atoms with Crippen LogP contribution >= 0.6 is 0 Å². The molecule has 0 atom stereocenters. The summed E-state index contributed by atoms with van der Waals surface area (Å²) in [4.78, 5) is 80.0. The standard InChI is InChI=1S/C27H37N7O7/c1-21(35)29-15-4-10-23(37)31-17-6-12-25(39)33-19-8-14-27(41)34-20-7-13-26(40)32-18-5-11-24(38)30-16-3-9-22(36)28-2/h3-14H,15-20H2,1-2H3,(H,28,36)(H,29,35)(H,30,38)(H,31,37)(H,32,40)(H,33,39)(H,34,41)/b9-3+,10-4+,11-5+,12-6+,13-7+,14-8+. The molecule has 14 nitrogen and oxygen atoms in total. The lowest BCUT2D eigenvalue weighted by Gasteiger charge is -2.00. The Morgan fingerprint density at radius 2 is 0.610 bits per heavy atom. The van der Waals surface area contributed by atoms with E-state index < -0.39 is 17.7 Å². The molecule has 0 unspecified atom stereocenters. The number of nitrogens with one attached hydrogen (secondary N) is 7. The molecular formula is C27H37N7O7. The van der Waals surface area contributed by atoms with E-state index >= 15 is 0 Å². The van der Waals surface area contributed by atoms with Gasteiger partial charge in [-0.2, -0.15) is 0 Å². The van der Waals surface area contributed by atoms with Crippen LogP contribution in [0.25, 0.3) is 0 Å². The Kier molecular flexibility index (Phi) is 20.8. The first-order valence-corrected chi connectivity index (χ1v) is 12.5. The number of carbonyl (C=O) groups excluding carboxylic acids is 7. The van der Waals surface area contributed by atoms with E-state index in [9.17, 15) is 33.6 Å². The summed E-state index contributed by atoms with van der Waals surface area (Å²) < 4.78 is 0. The first-order chi connectivity index (χ1) is 19.6. The van der Waals surface area contributed by atoms with Crippen molar-refractivity contribution < 1.29 is 33.6 Å². The normalized spacial score (nSPS) is 11.4. The van der Waals surface area contributed by atoms with Gasteiger partial charge >= 0.3 is 0 Å². The van der Waals surface area contributed by atoms with Crippen molar-refractivity contribution in [3.8, 4) is 0 Å². The summed E-state index contributed by atoms with van der Waals surface area (Å²) in [5, 5.41) is 17.6. The minimum atomic E-state index is -0.423. The van der Waals surface area contributed by atoms with Crippen molar-refractivity contribution in [3.63, 3.8) is 0 Å². The molecule has 7 amide bonds. The van der Waals surface area contributed by atoms with Gasteiger partial charge in [0.05, 0.1) is 0 Å². The molecule has 14 heteroatoms. The van der Waals surface area contributed by atoms with Gasteiger partial charge in [-0.3, -0.25) is 33.6 Å². The van der Waals surface area contributed by atoms with Crippen LogP contribution in [0.2, 0.25) is 0 Å². The lowest BCUT2D eigenvalue weighted by atomic mass is 10.4. The molecule has 0 aromatic carbocycles. The highest BCUT2D eigenvalue weighted by Gasteiger charge is 1.97. The third-order valence-electron chi connectivity index (χ3n) is 4.30. The Morgan fingerprint density at radius 3 is 0.829 bits per heavy atom. The Balaban J connectivity index is 3.97. The lowest BCUT2D eigenvalue weighted by Crippen LogP contribution is -2.25.